The number of phenols is 3. The molecule has 0 radical (unpaired) electrons. The van der Waals surface area contributed by atoms with Gasteiger partial charge in [0.1, 0.15) is 17.2 Å². The van der Waals surface area contributed by atoms with Gasteiger partial charge in [-0.1, -0.05) is 13.0 Å². The summed E-state index contributed by atoms with van der Waals surface area (Å²) in [5, 5.41) is 40.0. The molecule has 2 aromatic rings. The minimum absolute atomic E-state index is 0.0637. The molecule has 0 aliphatic carbocycles. The summed E-state index contributed by atoms with van der Waals surface area (Å²) in [6, 6.07) is 4.40. The summed E-state index contributed by atoms with van der Waals surface area (Å²) in [4.78, 5) is 0. The van der Waals surface area contributed by atoms with Crippen molar-refractivity contribution in [2.24, 2.45) is 0 Å². The second-order valence-electron chi connectivity index (χ2n) is 4.39. The van der Waals surface area contributed by atoms with Gasteiger partial charge in [-0.2, -0.15) is 0 Å². The molecule has 4 heteroatoms. The van der Waals surface area contributed by atoms with Gasteiger partial charge in [0.2, 0.25) is 0 Å². The maximum atomic E-state index is 10.2. The third-order valence-electron chi connectivity index (χ3n) is 3.10. The first kappa shape index (κ1) is 12.5. The lowest BCUT2D eigenvalue weighted by atomic mass is 9.94. The van der Waals surface area contributed by atoms with Gasteiger partial charge in [-0.15, -0.1) is 0 Å². The minimum Gasteiger partial charge on any atom is -0.508 e. The molecule has 0 saturated heterocycles. The molecule has 18 heavy (non-hydrogen) atoms. The number of hydrogen-bond donors (Lipinski definition) is 4. The van der Waals surface area contributed by atoms with Crippen LogP contribution in [0, 0.1) is 0 Å². The summed E-state index contributed by atoms with van der Waals surface area (Å²) < 4.78 is 0. The van der Waals surface area contributed by atoms with E-state index >= 15 is 0 Å². The van der Waals surface area contributed by atoms with E-state index in [-0.39, 0.29) is 22.6 Å². The van der Waals surface area contributed by atoms with E-state index in [0.717, 1.165) is 5.56 Å². The number of aromatic hydroxyl groups is 3. The summed E-state index contributed by atoms with van der Waals surface area (Å²) in [6.07, 6.45) is -0.183. The van der Waals surface area contributed by atoms with Crippen LogP contribution in [0.5, 0.6) is 17.2 Å². The lowest BCUT2D eigenvalue weighted by Gasteiger charge is -2.16. The van der Waals surface area contributed by atoms with Crippen molar-refractivity contribution in [3.05, 3.63) is 29.3 Å². The van der Waals surface area contributed by atoms with Crippen LogP contribution in [0.2, 0.25) is 0 Å². The van der Waals surface area contributed by atoms with Crippen LogP contribution < -0.4 is 0 Å². The van der Waals surface area contributed by atoms with E-state index in [9.17, 15) is 20.4 Å². The third-order valence-corrected chi connectivity index (χ3v) is 3.10. The van der Waals surface area contributed by atoms with Crippen LogP contribution in [0.4, 0.5) is 0 Å². The lowest BCUT2D eigenvalue weighted by molar-refractivity contribution is 0.194. The summed E-state index contributed by atoms with van der Waals surface area (Å²) in [5.41, 5.74) is 1.21. The highest BCUT2D eigenvalue weighted by Crippen LogP contribution is 2.41. The van der Waals surface area contributed by atoms with E-state index in [0.29, 0.717) is 17.4 Å². The molecule has 0 spiro atoms. The number of aryl methyl sites for hydroxylation is 1. The smallest absolute Gasteiger partial charge is 0.133 e. The molecular weight excluding hydrogens is 232 g/mol. The number of aliphatic hydroxyl groups is 1. The Kier molecular flexibility index (Phi) is 3.05. The molecule has 0 aromatic heterocycles. The van der Waals surface area contributed by atoms with Crippen molar-refractivity contribution in [1.82, 2.24) is 0 Å². The zero-order valence-electron chi connectivity index (χ0n) is 10.3. The van der Waals surface area contributed by atoms with Gasteiger partial charge < -0.3 is 20.4 Å². The number of aliphatic hydroxyl groups excluding tert-OH is 1. The van der Waals surface area contributed by atoms with Crippen LogP contribution in [0.15, 0.2) is 18.2 Å². The molecular formula is C14H16O4. The maximum Gasteiger partial charge on any atom is 0.133 e. The standard InChI is InChI=1S/C14H16O4/c1-3-8-4-9-5-10(16)6-11(17)13(9)14(18)12(8)7(2)15/h4-7,15-18H,3H2,1-2H3. The maximum absolute atomic E-state index is 10.2. The molecule has 0 fully saturated rings. The van der Waals surface area contributed by atoms with Crippen LogP contribution in [0.3, 0.4) is 0 Å². The van der Waals surface area contributed by atoms with Gasteiger partial charge in [0, 0.05) is 11.6 Å². The molecule has 4 nitrogen and oxygen atoms in total. The molecule has 0 heterocycles. The van der Waals surface area contributed by atoms with Gasteiger partial charge in [-0.25, -0.2) is 0 Å². The molecule has 96 valence electrons. The first-order valence-corrected chi connectivity index (χ1v) is 5.84. The summed E-state index contributed by atoms with van der Waals surface area (Å²) >= 11 is 0. The van der Waals surface area contributed by atoms with Crippen molar-refractivity contribution < 1.29 is 20.4 Å². The molecule has 0 bridgehead atoms. The SMILES string of the molecule is CCc1cc2cc(O)cc(O)c2c(O)c1C(C)O. The monoisotopic (exact) mass is 248 g/mol. The Morgan fingerprint density at radius 3 is 2.33 bits per heavy atom. The van der Waals surface area contributed by atoms with Gasteiger partial charge >= 0.3 is 0 Å². The van der Waals surface area contributed by atoms with E-state index in [1.807, 2.05) is 6.92 Å². The average Bonchev–Trinajstić information content (AvgIpc) is 2.26. The van der Waals surface area contributed by atoms with Crippen molar-refractivity contribution in [3.63, 3.8) is 0 Å². The Morgan fingerprint density at radius 1 is 1.11 bits per heavy atom. The molecule has 1 atom stereocenters. The molecule has 2 rings (SSSR count). The fourth-order valence-corrected chi connectivity index (χ4v) is 2.32. The number of phenolic OH excluding ortho intramolecular Hbond substituents is 3. The zero-order valence-corrected chi connectivity index (χ0v) is 10.3. The van der Waals surface area contributed by atoms with Gasteiger partial charge in [0.15, 0.2) is 0 Å². The molecule has 0 aliphatic heterocycles. The Bertz CT molecular complexity index is 603. The average molecular weight is 248 g/mol. The number of hydrogen-bond acceptors (Lipinski definition) is 4. The second kappa shape index (κ2) is 4.38. The first-order valence-electron chi connectivity index (χ1n) is 5.84. The van der Waals surface area contributed by atoms with E-state index in [4.69, 9.17) is 0 Å². The van der Waals surface area contributed by atoms with E-state index in [1.54, 1.807) is 13.0 Å². The van der Waals surface area contributed by atoms with Crippen LogP contribution >= 0.6 is 0 Å². The van der Waals surface area contributed by atoms with E-state index in [2.05, 4.69) is 0 Å². The van der Waals surface area contributed by atoms with Crippen molar-refractivity contribution in [1.29, 1.82) is 0 Å². The largest absolute Gasteiger partial charge is 0.508 e. The molecule has 2 aromatic carbocycles. The first-order chi connectivity index (χ1) is 8.45. The molecule has 1 unspecified atom stereocenters. The van der Waals surface area contributed by atoms with Crippen molar-refractivity contribution in [2.75, 3.05) is 0 Å². The van der Waals surface area contributed by atoms with Crippen molar-refractivity contribution >= 4 is 10.8 Å². The molecule has 0 amide bonds. The second-order valence-corrected chi connectivity index (χ2v) is 4.39. The van der Waals surface area contributed by atoms with E-state index < -0.39 is 6.10 Å². The highest BCUT2D eigenvalue weighted by atomic mass is 16.3. The van der Waals surface area contributed by atoms with Crippen LogP contribution in [-0.2, 0) is 6.42 Å². The summed E-state index contributed by atoms with van der Waals surface area (Å²) in [7, 11) is 0. The fraction of sp³-hybridized carbons (Fsp3) is 0.286. The Labute approximate surface area is 105 Å². The molecule has 0 aliphatic rings. The number of rotatable bonds is 2. The summed E-state index contributed by atoms with van der Waals surface area (Å²) in [6.45, 7) is 3.48. The van der Waals surface area contributed by atoms with Gasteiger partial charge in [0.25, 0.3) is 0 Å². The third kappa shape index (κ3) is 1.84. The minimum atomic E-state index is -0.822. The van der Waals surface area contributed by atoms with Gasteiger partial charge in [0.05, 0.1) is 11.5 Å². The van der Waals surface area contributed by atoms with Crippen LogP contribution in [0.1, 0.15) is 31.1 Å². The van der Waals surface area contributed by atoms with E-state index in [1.165, 1.54) is 12.1 Å². The fourth-order valence-electron chi connectivity index (χ4n) is 2.32. The topological polar surface area (TPSA) is 80.9 Å². The molecule has 4 N–H and O–H groups in total. The van der Waals surface area contributed by atoms with Crippen molar-refractivity contribution in [3.8, 4) is 17.2 Å². The highest BCUT2D eigenvalue weighted by molar-refractivity contribution is 5.96. The predicted molar refractivity (Wildman–Crippen MR) is 69.0 cm³/mol. The van der Waals surface area contributed by atoms with Gasteiger partial charge in [-0.05, 0) is 30.4 Å². The number of benzene rings is 2. The lowest BCUT2D eigenvalue weighted by Crippen LogP contribution is -1.99. The Morgan fingerprint density at radius 2 is 1.78 bits per heavy atom. The van der Waals surface area contributed by atoms with Crippen LogP contribution in [0.25, 0.3) is 10.8 Å². The van der Waals surface area contributed by atoms with Crippen molar-refractivity contribution in [2.45, 2.75) is 26.4 Å². The predicted octanol–water partition coefficient (Wildman–Crippen LogP) is 2.57. The summed E-state index contributed by atoms with van der Waals surface area (Å²) in [5.74, 6) is -0.393. The quantitative estimate of drug-likeness (QED) is 0.658. The molecule has 0 saturated carbocycles. The van der Waals surface area contributed by atoms with Gasteiger partial charge in [-0.3, -0.25) is 0 Å². The Hall–Kier alpha value is -1.94. The normalized spacial score (nSPS) is 12.8. The van der Waals surface area contributed by atoms with Crippen LogP contribution in [-0.4, -0.2) is 20.4 Å². The zero-order chi connectivity index (χ0) is 13.4. The number of fused-ring (bicyclic) bond motifs is 1. The Balaban J connectivity index is 2.91. The highest BCUT2D eigenvalue weighted by Gasteiger charge is 2.18.